The predicted molar refractivity (Wildman–Crippen MR) is 101 cm³/mol. The summed E-state index contributed by atoms with van der Waals surface area (Å²) in [5, 5.41) is 5.80. The maximum absolute atomic E-state index is 6.22. The molecule has 5 nitrogen and oxygen atoms in total. The molecule has 3 heterocycles. The monoisotopic (exact) mass is 344 g/mol. The van der Waals surface area contributed by atoms with Gasteiger partial charge >= 0.3 is 7.12 Å². The molecule has 25 heavy (non-hydrogen) atoms. The van der Waals surface area contributed by atoms with Gasteiger partial charge in [-0.3, -0.25) is 0 Å². The smallest absolute Gasteiger partial charge is 0.399 e. The SMILES string of the molecule is C.CC1(C)OB(c2cccc3nn(C4CCCCO4)cc23)OC1(C)C. The summed E-state index contributed by atoms with van der Waals surface area (Å²) in [6.45, 7) is 9.11. The zero-order valence-electron chi connectivity index (χ0n) is 14.9. The summed E-state index contributed by atoms with van der Waals surface area (Å²) >= 11 is 0. The number of benzene rings is 1. The topological polar surface area (TPSA) is 45.5 Å². The Morgan fingerprint density at radius 1 is 1.12 bits per heavy atom. The second-order valence-corrected chi connectivity index (χ2v) is 7.80. The lowest BCUT2D eigenvalue weighted by molar-refractivity contribution is -0.0390. The van der Waals surface area contributed by atoms with E-state index in [1.54, 1.807) is 0 Å². The van der Waals surface area contributed by atoms with E-state index in [4.69, 9.17) is 19.1 Å². The van der Waals surface area contributed by atoms with Gasteiger partial charge < -0.3 is 14.0 Å². The highest BCUT2D eigenvalue weighted by atomic mass is 16.7. The van der Waals surface area contributed by atoms with Crippen LogP contribution in [0.25, 0.3) is 10.9 Å². The van der Waals surface area contributed by atoms with E-state index in [-0.39, 0.29) is 32.0 Å². The number of nitrogens with zero attached hydrogens (tertiary/aromatic N) is 2. The highest BCUT2D eigenvalue weighted by molar-refractivity contribution is 6.65. The molecule has 0 bridgehead atoms. The quantitative estimate of drug-likeness (QED) is 0.780. The third-order valence-electron chi connectivity index (χ3n) is 5.56. The number of hydrogen-bond acceptors (Lipinski definition) is 4. The molecule has 136 valence electrons. The molecule has 1 aromatic carbocycles. The Morgan fingerprint density at radius 2 is 1.84 bits per heavy atom. The van der Waals surface area contributed by atoms with Gasteiger partial charge in [0.05, 0.1) is 16.7 Å². The largest absolute Gasteiger partial charge is 0.495 e. The molecule has 0 spiro atoms. The summed E-state index contributed by atoms with van der Waals surface area (Å²) < 4.78 is 20.3. The maximum atomic E-state index is 6.22. The lowest BCUT2D eigenvalue weighted by atomic mass is 9.77. The van der Waals surface area contributed by atoms with Gasteiger partial charge in [0.15, 0.2) is 0 Å². The Bertz CT molecular complexity index is 734. The van der Waals surface area contributed by atoms with Gasteiger partial charge in [-0.05, 0) is 58.5 Å². The van der Waals surface area contributed by atoms with Gasteiger partial charge in [0.2, 0.25) is 0 Å². The van der Waals surface area contributed by atoms with Crippen LogP contribution in [0.5, 0.6) is 0 Å². The van der Waals surface area contributed by atoms with Gasteiger partial charge in [0.1, 0.15) is 6.23 Å². The average Bonchev–Trinajstić information content (AvgIpc) is 3.06. The van der Waals surface area contributed by atoms with E-state index < -0.39 is 0 Å². The summed E-state index contributed by atoms with van der Waals surface area (Å²) in [7, 11) is -0.372. The van der Waals surface area contributed by atoms with Crippen molar-refractivity contribution in [3.63, 3.8) is 0 Å². The molecule has 0 N–H and O–H groups in total. The van der Waals surface area contributed by atoms with E-state index in [9.17, 15) is 0 Å². The van der Waals surface area contributed by atoms with Crippen molar-refractivity contribution in [2.75, 3.05) is 6.61 Å². The van der Waals surface area contributed by atoms with Crippen LogP contribution in [0.1, 0.15) is 60.6 Å². The van der Waals surface area contributed by atoms with Gasteiger partial charge in [-0.2, -0.15) is 5.10 Å². The van der Waals surface area contributed by atoms with E-state index in [1.807, 2.05) is 16.8 Å². The Labute approximate surface area is 150 Å². The van der Waals surface area contributed by atoms with Gasteiger partial charge in [0, 0.05) is 18.2 Å². The van der Waals surface area contributed by atoms with Gasteiger partial charge in [-0.15, -0.1) is 0 Å². The number of rotatable bonds is 2. The standard InChI is InChI=1S/C18H25BN2O3.CH4/c1-17(2)18(3,4)24-19(23-17)14-8-7-9-15-13(14)12-21(20-15)16-10-5-6-11-22-16;/h7-9,12,16H,5-6,10-11H2,1-4H3;1H4. The van der Waals surface area contributed by atoms with Crippen molar-refractivity contribution in [1.29, 1.82) is 0 Å². The fourth-order valence-corrected chi connectivity index (χ4v) is 3.34. The van der Waals surface area contributed by atoms with Gasteiger partial charge in [0.25, 0.3) is 0 Å². The predicted octanol–water partition coefficient (Wildman–Crippen LogP) is 3.67. The van der Waals surface area contributed by atoms with E-state index in [0.29, 0.717) is 0 Å². The van der Waals surface area contributed by atoms with E-state index >= 15 is 0 Å². The molecule has 1 aromatic heterocycles. The second kappa shape index (κ2) is 6.42. The Balaban J connectivity index is 0.00000182. The lowest BCUT2D eigenvalue weighted by Crippen LogP contribution is -2.41. The summed E-state index contributed by atoms with van der Waals surface area (Å²) in [5.41, 5.74) is 1.30. The van der Waals surface area contributed by atoms with E-state index in [2.05, 4.69) is 40.0 Å². The minimum Gasteiger partial charge on any atom is -0.399 e. The molecule has 0 amide bonds. The van der Waals surface area contributed by atoms with Crippen LogP contribution in [0.2, 0.25) is 0 Å². The molecule has 2 aromatic rings. The van der Waals surface area contributed by atoms with Crippen LogP contribution in [0.4, 0.5) is 0 Å². The number of aromatic nitrogens is 2. The Hall–Kier alpha value is -1.37. The molecule has 2 fully saturated rings. The first-order chi connectivity index (χ1) is 11.4. The first-order valence-corrected chi connectivity index (χ1v) is 8.82. The molecule has 2 saturated heterocycles. The zero-order chi connectivity index (χ0) is 16.9. The van der Waals surface area contributed by atoms with Crippen LogP contribution in [-0.2, 0) is 14.0 Å². The number of fused-ring (bicyclic) bond motifs is 1. The third kappa shape index (κ3) is 3.11. The van der Waals surface area contributed by atoms with Gasteiger partial charge in [-0.1, -0.05) is 19.6 Å². The van der Waals surface area contributed by atoms with Crippen molar-refractivity contribution in [2.24, 2.45) is 0 Å². The molecule has 1 unspecified atom stereocenters. The van der Waals surface area contributed by atoms with Gasteiger partial charge in [-0.25, -0.2) is 4.68 Å². The maximum Gasteiger partial charge on any atom is 0.495 e. The van der Waals surface area contributed by atoms with Crippen LogP contribution in [0, 0.1) is 0 Å². The molecule has 0 saturated carbocycles. The minimum atomic E-state index is -0.372. The fraction of sp³-hybridized carbons (Fsp3) is 0.632. The molecule has 0 aliphatic carbocycles. The molecule has 1 atom stereocenters. The highest BCUT2D eigenvalue weighted by Gasteiger charge is 2.52. The first-order valence-electron chi connectivity index (χ1n) is 8.82. The number of hydrogen-bond donors (Lipinski definition) is 0. The molecule has 2 aliphatic heterocycles. The van der Waals surface area contributed by atoms with Crippen molar-refractivity contribution in [3.05, 3.63) is 24.4 Å². The van der Waals surface area contributed by atoms with Crippen LogP contribution in [0.3, 0.4) is 0 Å². The first kappa shape index (κ1) is 18.4. The summed E-state index contributed by atoms with van der Waals surface area (Å²) in [6, 6.07) is 6.11. The summed E-state index contributed by atoms with van der Waals surface area (Å²) in [6.07, 6.45) is 5.45. The Kier molecular flexibility index (Phi) is 4.73. The summed E-state index contributed by atoms with van der Waals surface area (Å²) in [4.78, 5) is 0. The Morgan fingerprint density at radius 3 is 2.48 bits per heavy atom. The molecule has 0 radical (unpaired) electrons. The second-order valence-electron chi connectivity index (χ2n) is 7.80. The number of ether oxygens (including phenoxy) is 1. The van der Waals surface area contributed by atoms with Crippen molar-refractivity contribution in [2.45, 2.75) is 71.8 Å². The minimum absolute atomic E-state index is 0. The normalized spacial score (nSPS) is 25.1. The lowest BCUT2D eigenvalue weighted by Gasteiger charge is -2.32. The van der Waals surface area contributed by atoms with Crippen molar-refractivity contribution < 1.29 is 14.0 Å². The molecular weight excluding hydrogens is 315 g/mol. The zero-order valence-corrected chi connectivity index (χ0v) is 14.9. The average molecular weight is 344 g/mol. The fourth-order valence-electron chi connectivity index (χ4n) is 3.34. The van der Waals surface area contributed by atoms with E-state index in [1.165, 1.54) is 6.42 Å². The molecule has 2 aliphatic rings. The highest BCUT2D eigenvalue weighted by Crippen LogP contribution is 2.37. The summed E-state index contributed by atoms with van der Waals surface area (Å²) in [5.74, 6) is 0. The van der Waals surface area contributed by atoms with Crippen LogP contribution >= 0.6 is 0 Å². The van der Waals surface area contributed by atoms with Crippen LogP contribution in [0.15, 0.2) is 24.4 Å². The van der Waals surface area contributed by atoms with Crippen molar-refractivity contribution in [1.82, 2.24) is 9.78 Å². The van der Waals surface area contributed by atoms with Crippen LogP contribution < -0.4 is 5.46 Å². The molecule has 6 heteroatoms. The third-order valence-corrected chi connectivity index (χ3v) is 5.56. The van der Waals surface area contributed by atoms with Crippen LogP contribution in [-0.4, -0.2) is 34.7 Å². The molecular formula is C19H29BN2O3. The van der Waals surface area contributed by atoms with E-state index in [0.717, 1.165) is 35.8 Å². The van der Waals surface area contributed by atoms with Crippen molar-refractivity contribution in [3.8, 4) is 0 Å². The van der Waals surface area contributed by atoms with Crippen molar-refractivity contribution >= 4 is 23.5 Å². The molecule has 4 rings (SSSR count).